The molecule has 0 spiro atoms. The number of hydrogen-bond acceptors (Lipinski definition) is 3. The van der Waals surface area contributed by atoms with Gasteiger partial charge in [0, 0.05) is 18.3 Å². The van der Waals surface area contributed by atoms with Crippen molar-refractivity contribution in [3.05, 3.63) is 58.5 Å². The summed E-state index contributed by atoms with van der Waals surface area (Å²) < 4.78 is 3.61. The first-order valence-corrected chi connectivity index (χ1v) is 8.28. The second-order valence-electron chi connectivity index (χ2n) is 6.41. The van der Waals surface area contributed by atoms with Gasteiger partial charge in [-0.05, 0) is 51.5 Å². The van der Waals surface area contributed by atoms with Gasteiger partial charge in [0.15, 0.2) is 0 Å². The number of aryl methyl sites for hydroxylation is 4. The summed E-state index contributed by atoms with van der Waals surface area (Å²) in [5, 5.41) is 11.7. The Kier molecular flexibility index (Phi) is 4.44. The van der Waals surface area contributed by atoms with Crippen molar-refractivity contribution < 1.29 is 4.79 Å². The molecule has 0 aliphatic rings. The highest BCUT2D eigenvalue weighted by molar-refractivity contribution is 5.92. The Labute approximate surface area is 147 Å². The summed E-state index contributed by atoms with van der Waals surface area (Å²) in [4.78, 5) is 12.3. The van der Waals surface area contributed by atoms with E-state index in [1.54, 1.807) is 4.68 Å². The molecular weight excluding hydrogens is 314 g/mol. The number of aromatic nitrogens is 4. The number of nitrogens with one attached hydrogen (secondary N) is 1. The monoisotopic (exact) mass is 337 g/mol. The minimum absolute atomic E-state index is 0.0510. The molecule has 1 aromatic carbocycles. The molecule has 0 saturated carbocycles. The Morgan fingerprint density at radius 3 is 2.28 bits per heavy atom. The van der Waals surface area contributed by atoms with Crippen molar-refractivity contribution in [1.29, 1.82) is 0 Å². The molecule has 25 heavy (non-hydrogen) atoms. The zero-order valence-electron chi connectivity index (χ0n) is 15.3. The van der Waals surface area contributed by atoms with Crippen molar-refractivity contribution in [3.8, 4) is 5.69 Å². The molecule has 0 radical (unpaired) electrons. The molecule has 2 aromatic heterocycles. The molecule has 1 amide bonds. The van der Waals surface area contributed by atoms with Gasteiger partial charge in [-0.3, -0.25) is 9.48 Å². The van der Waals surface area contributed by atoms with Crippen LogP contribution in [0, 0.1) is 27.7 Å². The van der Waals surface area contributed by atoms with Crippen LogP contribution in [0.25, 0.3) is 5.69 Å². The quantitative estimate of drug-likeness (QED) is 0.796. The number of amides is 1. The lowest BCUT2D eigenvalue weighted by Crippen LogP contribution is -2.17. The number of hydrogen-bond donors (Lipinski definition) is 1. The predicted molar refractivity (Wildman–Crippen MR) is 98.1 cm³/mol. The average molecular weight is 337 g/mol. The van der Waals surface area contributed by atoms with Gasteiger partial charge in [0.25, 0.3) is 0 Å². The van der Waals surface area contributed by atoms with Crippen LogP contribution in [-0.4, -0.2) is 25.5 Å². The molecule has 3 aromatic rings. The second kappa shape index (κ2) is 6.55. The Morgan fingerprint density at radius 1 is 1.08 bits per heavy atom. The van der Waals surface area contributed by atoms with E-state index in [4.69, 9.17) is 0 Å². The van der Waals surface area contributed by atoms with Crippen molar-refractivity contribution in [3.63, 3.8) is 0 Å². The number of nitrogens with zero attached hydrogens (tertiary/aromatic N) is 4. The van der Waals surface area contributed by atoms with E-state index >= 15 is 0 Å². The summed E-state index contributed by atoms with van der Waals surface area (Å²) >= 11 is 0. The minimum Gasteiger partial charge on any atom is -0.310 e. The molecule has 0 unspecified atom stereocenters. The highest BCUT2D eigenvalue weighted by Crippen LogP contribution is 2.18. The molecule has 0 aliphatic carbocycles. The van der Waals surface area contributed by atoms with Crippen molar-refractivity contribution in [2.45, 2.75) is 34.1 Å². The van der Waals surface area contributed by atoms with E-state index in [1.807, 2.05) is 69.8 Å². The SMILES string of the molecule is Cc1cc(C)n(-c2ccc(CC(=O)Nc3c(C)c(C)nn3C)cc2)n1. The van der Waals surface area contributed by atoms with Crippen molar-refractivity contribution in [1.82, 2.24) is 19.6 Å². The number of carbonyl (C=O) groups excluding carboxylic acids is 1. The summed E-state index contributed by atoms with van der Waals surface area (Å²) in [6, 6.07) is 9.95. The lowest BCUT2D eigenvalue weighted by atomic mass is 10.1. The molecular formula is C19H23N5O. The van der Waals surface area contributed by atoms with Gasteiger partial charge in [-0.2, -0.15) is 10.2 Å². The van der Waals surface area contributed by atoms with Crippen LogP contribution in [0.5, 0.6) is 0 Å². The van der Waals surface area contributed by atoms with Gasteiger partial charge in [-0.15, -0.1) is 0 Å². The van der Waals surface area contributed by atoms with Crippen LogP contribution in [0.3, 0.4) is 0 Å². The first kappa shape index (κ1) is 17.0. The van der Waals surface area contributed by atoms with Crippen molar-refractivity contribution >= 4 is 11.7 Å². The predicted octanol–water partition coefficient (Wildman–Crippen LogP) is 3.02. The van der Waals surface area contributed by atoms with E-state index in [-0.39, 0.29) is 5.91 Å². The van der Waals surface area contributed by atoms with Crippen LogP contribution in [0.15, 0.2) is 30.3 Å². The first-order valence-electron chi connectivity index (χ1n) is 8.28. The van der Waals surface area contributed by atoms with E-state index in [9.17, 15) is 4.79 Å². The van der Waals surface area contributed by atoms with Crippen LogP contribution >= 0.6 is 0 Å². The summed E-state index contributed by atoms with van der Waals surface area (Å²) in [5.41, 5.74) is 5.95. The molecule has 0 aliphatic heterocycles. The summed E-state index contributed by atoms with van der Waals surface area (Å²) in [7, 11) is 1.83. The normalized spacial score (nSPS) is 10.9. The molecule has 1 N–H and O–H groups in total. The van der Waals surface area contributed by atoms with E-state index in [2.05, 4.69) is 15.5 Å². The molecule has 0 bridgehead atoms. The van der Waals surface area contributed by atoms with E-state index in [1.165, 1.54) is 0 Å². The van der Waals surface area contributed by atoms with E-state index in [0.717, 1.165) is 39.7 Å². The van der Waals surface area contributed by atoms with Crippen LogP contribution < -0.4 is 5.32 Å². The van der Waals surface area contributed by atoms with Gasteiger partial charge in [-0.1, -0.05) is 12.1 Å². The highest BCUT2D eigenvalue weighted by atomic mass is 16.1. The van der Waals surface area contributed by atoms with Gasteiger partial charge < -0.3 is 5.32 Å². The molecule has 3 rings (SSSR count). The first-order chi connectivity index (χ1) is 11.8. The van der Waals surface area contributed by atoms with Gasteiger partial charge in [0.05, 0.1) is 23.5 Å². The van der Waals surface area contributed by atoms with Gasteiger partial charge in [0.1, 0.15) is 5.82 Å². The Balaban J connectivity index is 1.71. The van der Waals surface area contributed by atoms with Crippen molar-refractivity contribution in [2.75, 3.05) is 5.32 Å². The number of benzene rings is 1. The molecule has 130 valence electrons. The smallest absolute Gasteiger partial charge is 0.229 e. The largest absolute Gasteiger partial charge is 0.310 e. The number of rotatable bonds is 4. The van der Waals surface area contributed by atoms with E-state index < -0.39 is 0 Å². The van der Waals surface area contributed by atoms with Gasteiger partial charge in [0.2, 0.25) is 5.91 Å². The van der Waals surface area contributed by atoms with Crippen LogP contribution in [-0.2, 0) is 18.3 Å². The zero-order chi connectivity index (χ0) is 18.1. The standard InChI is InChI=1S/C19H23N5O/c1-12-10-13(2)24(21-12)17-8-6-16(7-9-17)11-18(25)20-19-14(3)15(4)22-23(19)5/h6-10H,11H2,1-5H3,(H,20,25). The fourth-order valence-electron chi connectivity index (χ4n) is 2.95. The molecule has 2 heterocycles. The van der Waals surface area contributed by atoms with Crippen LogP contribution in [0.4, 0.5) is 5.82 Å². The lowest BCUT2D eigenvalue weighted by Gasteiger charge is -2.08. The Bertz CT molecular complexity index is 918. The maximum absolute atomic E-state index is 12.3. The fraction of sp³-hybridized carbons (Fsp3) is 0.316. The van der Waals surface area contributed by atoms with Crippen LogP contribution in [0.2, 0.25) is 0 Å². The molecule has 0 saturated heterocycles. The zero-order valence-corrected chi connectivity index (χ0v) is 15.3. The maximum Gasteiger partial charge on any atom is 0.229 e. The minimum atomic E-state index is -0.0510. The summed E-state index contributed by atoms with van der Waals surface area (Å²) in [6.45, 7) is 7.90. The fourth-order valence-corrected chi connectivity index (χ4v) is 2.95. The summed E-state index contributed by atoms with van der Waals surface area (Å²) in [5.74, 6) is 0.701. The molecule has 6 heteroatoms. The van der Waals surface area contributed by atoms with Gasteiger partial charge in [-0.25, -0.2) is 4.68 Å². The van der Waals surface area contributed by atoms with Crippen LogP contribution in [0.1, 0.15) is 28.2 Å². The number of carbonyl (C=O) groups is 1. The van der Waals surface area contributed by atoms with Gasteiger partial charge >= 0.3 is 0 Å². The third-order valence-electron chi connectivity index (χ3n) is 4.33. The van der Waals surface area contributed by atoms with E-state index in [0.29, 0.717) is 6.42 Å². The third kappa shape index (κ3) is 3.47. The average Bonchev–Trinajstić information content (AvgIpc) is 3.01. The topological polar surface area (TPSA) is 64.7 Å². The third-order valence-corrected chi connectivity index (χ3v) is 4.33. The Morgan fingerprint density at radius 2 is 1.76 bits per heavy atom. The summed E-state index contributed by atoms with van der Waals surface area (Å²) in [6.07, 6.45) is 0.321. The maximum atomic E-state index is 12.3. The Hall–Kier alpha value is -2.89. The highest BCUT2D eigenvalue weighted by Gasteiger charge is 2.12. The van der Waals surface area contributed by atoms with Crippen molar-refractivity contribution in [2.24, 2.45) is 7.05 Å². The second-order valence-corrected chi connectivity index (χ2v) is 6.41. The lowest BCUT2D eigenvalue weighted by molar-refractivity contribution is -0.115. The molecule has 6 nitrogen and oxygen atoms in total. The number of anilines is 1. The molecule has 0 atom stereocenters. The molecule has 0 fully saturated rings.